The molecule has 0 bridgehead atoms. The first-order chi connectivity index (χ1) is 13.5. The highest BCUT2D eigenvalue weighted by atomic mass is 32.2. The van der Waals surface area contributed by atoms with Crippen molar-refractivity contribution in [3.05, 3.63) is 59.7 Å². The molecule has 1 aliphatic heterocycles. The van der Waals surface area contributed by atoms with E-state index in [4.69, 9.17) is 4.74 Å². The van der Waals surface area contributed by atoms with E-state index in [1.165, 1.54) is 4.31 Å². The molecule has 1 saturated carbocycles. The van der Waals surface area contributed by atoms with Crippen molar-refractivity contribution in [1.29, 1.82) is 0 Å². The molecule has 2 aromatic carbocycles. The molecule has 0 atom stereocenters. The quantitative estimate of drug-likeness (QED) is 0.808. The van der Waals surface area contributed by atoms with Gasteiger partial charge in [-0.2, -0.15) is 4.31 Å². The minimum absolute atomic E-state index is 0.0713. The Morgan fingerprint density at radius 2 is 1.93 bits per heavy atom. The molecule has 0 radical (unpaired) electrons. The van der Waals surface area contributed by atoms with Crippen LogP contribution in [0.4, 0.5) is 0 Å². The summed E-state index contributed by atoms with van der Waals surface area (Å²) in [5.41, 5.74) is 1.84. The number of rotatable bonds is 6. The van der Waals surface area contributed by atoms with Crippen LogP contribution in [0.15, 0.2) is 53.4 Å². The number of aryl methyl sites for hydroxylation is 1. The van der Waals surface area contributed by atoms with Crippen LogP contribution in [0.3, 0.4) is 0 Å². The number of benzene rings is 2. The molecule has 1 fully saturated rings. The van der Waals surface area contributed by atoms with Crippen LogP contribution in [0, 0.1) is 0 Å². The number of amides is 1. The first kappa shape index (κ1) is 19.0. The smallest absolute Gasteiger partial charge is 0.243 e. The molecule has 0 saturated heterocycles. The second kappa shape index (κ2) is 7.93. The summed E-state index contributed by atoms with van der Waals surface area (Å²) in [6.45, 7) is 0.863. The summed E-state index contributed by atoms with van der Waals surface area (Å²) in [4.78, 5) is 12.2. The highest BCUT2D eigenvalue weighted by Crippen LogP contribution is 2.28. The number of carbonyl (C=O) groups is 1. The number of hydrogen-bond acceptors (Lipinski definition) is 4. The van der Waals surface area contributed by atoms with Gasteiger partial charge in [-0.3, -0.25) is 4.79 Å². The van der Waals surface area contributed by atoms with Crippen molar-refractivity contribution in [2.45, 2.75) is 43.2 Å². The van der Waals surface area contributed by atoms with E-state index in [0.717, 1.165) is 24.0 Å². The monoisotopic (exact) mass is 400 g/mol. The van der Waals surface area contributed by atoms with E-state index < -0.39 is 10.0 Å². The Morgan fingerprint density at radius 3 is 2.68 bits per heavy atom. The molecule has 28 heavy (non-hydrogen) atoms. The number of fused-ring (bicyclic) bond motifs is 1. The molecule has 2 aliphatic rings. The summed E-state index contributed by atoms with van der Waals surface area (Å²) < 4.78 is 33.2. The normalized spacial score (nSPS) is 17.3. The van der Waals surface area contributed by atoms with Crippen LogP contribution in [0.2, 0.25) is 0 Å². The summed E-state index contributed by atoms with van der Waals surface area (Å²) in [6.07, 6.45) is 3.21. The van der Waals surface area contributed by atoms with Gasteiger partial charge < -0.3 is 10.1 Å². The highest BCUT2D eigenvalue weighted by Gasteiger charge is 2.28. The third-order valence-electron chi connectivity index (χ3n) is 5.03. The van der Waals surface area contributed by atoms with E-state index in [1.54, 1.807) is 30.3 Å². The maximum Gasteiger partial charge on any atom is 0.243 e. The number of nitrogens with zero attached hydrogens (tertiary/aromatic N) is 1. The molecule has 148 valence electrons. The van der Waals surface area contributed by atoms with E-state index in [2.05, 4.69) is 5.32 Å². The van der Waals surface area contributed by atoms with Crippen molar-refractivity contribution in [3.8, 4) is 5.75 Å². The molecule has 1 heterocycles. The van der Waals surface area contributed by atoms with Crippen LogP contribution in [-0.4, -0.2) is 37.8 Å². The fraction of sp³-hybridized carbons (Fsp3) is 0.381. The molecular weight excluding hydrogens is 376 g/mol. The number of sulfonamides is 1. The topological polar surface area (TPSA) is 75.7 Å². The van der Waals surface area contributed by atoms with Crippen LogP contribution in [0.1, 0.15) is 30.4 Å². The first-order valence-electron chi connectivity index (χ1n) is 9.61. The van der Waals surface area contributed by atoms with Gasteiger partial charge in [-0.05, 0) is 43.0 Å². The highest BCUT2D eigenvalue weighted by molar-refractivity contribution is 7.89. The van der Waals surface area contributed by atoms with Crippen molar-refractivity contribution in [2.75, 3.05) is 13.2 Å². The van der Waals surface area contributed by atoms with Gasteiger partial charge in [-0.15, -0.1) is 0 Å². The van der Waals surface area contributed by atoms with E-state index in [-0.39, 0.29) is 17.3 Å². The van der Waals surface area contributed by atoms with Gasteiger partial charge >= 0.3 is 0 Å². The van der Waals surface area contributed by atoms with Crippen molar-refractivity contribution in [2.24, 2.45) is 0 Å². The fourth-order valence-corrected chi connectivity index (χ4v) is 4.73. The van der Waals surface area contributed by atoms with E-state index in [1.807, 2.05) is 18.2 Å². The van der Waals surface area contributed by atoms with Gasteiger partial charge in [0.2, 0.25) is 15.9 Å². The van der Waals surface area contributed by atoms with Crippen molar-refractivity contribution in [1.82, 2.24) is 9.62 Å². The van der Waals surface area contributed by atoms with Crippen molar-refractivity contribution >= 4 is 15.9 Å². The zero-order chi connectivity index (χ0) is 19.6. The van der Waals surface area contributed by atoms with Crippen molar-refractivity contribution in [3.63, 3.8) is 0 Å². The second-order valence-corrected chi connectivity index (χ2v) is 9.22. The Kier molecular flexibility index (Phi) is 5.37. The van der Waals surface area contributed by atoms with Crippen LogP contribution in [0.5, 0.6) is 5.75 Å². The molecule has 0 aromatic heterocycles. The number of carbonyl (C=O) groups excluding carboxylic acids is 1. The predicted octanol–water partition coefficient (Wildman–Crippen LogP) is 2.48. The fourth-order valence-electron chi connectivity index (χ4n) is 3.31. The first-order valence-corrected chi connectivity index (χ1v) is 11.1. The summed E-state index contributed by atoms with van der Waals surface area (Å²) in [6, 6.07) is 14.6. The molecule has 1 amide bonds. The van der Waals surface area contributed by atoms with E-state index in [0.29, 0.717) is 37.8 Å². The summed E-state index contributed by atoms with van der Waals surface area (Å²) in [7, 11) is -3.58. The third kappa shape index (κ3) is 4.36. The summed E-state index contributed by atoms with van der Waals surface area (Å²) in [5.74, 6) is 0.777. The predicted molar refractivity (Wildman–Crippen MR) is 105 cm³/mol. The Morgan fingerprint density at radius 1 is 1.14 bits per heavy atom. The standard InChI is InChI=1S/C21H24N2O4S/c24-21(22-18-8-9-18)11-7-16-6-10-20-17(14-16)15-23(12-13-27-20)28(25,26)19-4-2-1-3-5-19/h1-6,10,14,18H,7-9,11-13,15H2,(H,22,24). The molecule has 0 spiro atoms. The SMILES string of the molecule is O=C(CCc1ccc2c(c1)CN(S(=O)(=O)c1ccccc1)CCO2)NC1CC1. The zero-order valence-electron chi connectivity index (χ0n) is 15.6. The average Bonchev–Trinajstić information content (AvgIpc) is 3.53. The Bertz CT molecular complexity index is 956. The van der Waals surface area contributed by atoms with Gasteiger partial charge in [-0.1, -0.05) is 30.3 Å². The minimum Gasteiger partial charge on any atom is -0.492 e. The average molecular weight is 401 g/mol. The summed E-state index contributed by atoms with van der Waals surface area (Å²) >= 11 is 0. The lowest BCUT2D eigenvalue weighted by molar-refractivity contribution is -0.121. The lowest BCUT2D eigenvalue weighted by Crippen LogP contribution is -2.32. The van der Waals surface area contributed by atoms with Crippen molar-refractivity contribution < 1.29 is 17.9 Å². The molecular formula is C21H24N2O4S. The van der Waals surface area contributed by atoms with Gasteiger partial charge in [0, 0.05) is 31.1 Å². The molecule has 0 unspecified atom stereocenters. The van der Waals surface area contributed by atoms with Crippen LogP contribution >= 0.6 is 0 Å². The van der Waals surface area contributed by atoms with Crippen LogP contribution in [0.25, 0.3) is 0 Å². The van der Waals surface area contributed by atoms with Gasteiger partial charge in [0.1, 0.15) is 12.4 Å². The van der Waals surface area contributed by atoms with Crippen LogP contribution in [-0.2, 0) is 27.8 Å². The van der Waals surface area contributed by atoms with Crippen LogP contribution < -0.4 is 10.1 Å². The maximum absolute atomic E-state index is 13.0. The molecule has 6 nitrogen and oxygen atoms in total. The van der Waals surface area contributed by atoms with Gasteiger partial charge in [0.25, 0.3) is 0 Å². The van der Waals surface area contributed by atoms with Gasteiger partial charge in [0.15, 0.2) is 0 Å². The number of nitrogens with one attached hydrogen (secondary N) is 1. The Balaban J connectivity index is 1.49. The molecule has 1 N–H and O–H groups in total. The van der Waals surface area contributed by atoms with Gasteiger partial charge in [-0.25, -0.2) is 8.42 Å². The number of hydrogen-bond donors (Lipinski definition) is 1. The third-order valence-corrected chi connectivity index (χ3v) is 6.89. The lowest BCUT2D eigenvalue weighted by Gasteiger charge is -2.19. The van der Waals surface area contributed by atoms with Gasteiger partial charge in [0.05, 0.1) is 4.90 Å². The number of ether oxygens (including phenoxy) is 1. The second-order valence-electron chi connectivity index (χ2n) is 7.28. The lowest BCUT2D eigenvalue weighted by atomic mass is 10.1. The largest absolute Gasteiger partial charge is 0.492 e. The zero-order valence-corrected chi connectivity index (χ0v) is 16.5. The summed E-state index contributed by atoms with van der Waals surface area (Å²) in [5, 5.41) is 2.99. The Labute approximate surface area is 165 Å². The molecule has 1 aliphatic carbocycles. The maximum atomic E-state index is 13.0. The minimum atomic E-state index is -3.58. The molecule has 7 heteroatoms. The van der Waals surface area contributed by atoms with E-state index >= 15 is 0 Å². The van der Waals surface area contributed by atoms with E-state index in [9.17, 15) is 13.2 Å². The molecule has 2 aromatic rings. The molecule has 4 rings (SSSR count). The Hall–Kier alpha value is -2.38.